The highest BCUT2D eigenvalue weighted by molar-refractivity contribution is 7.13. The molecule has 0 saturated heterocycles. The predicted molar refractivity (Wildman–Crippen MR) is 102 cm³/mol. The van der Waals surface area contributed by atoms with Gasteiger partial charge in [0.15, 0.2) is 5.65 Å². The fraction of sp³-hybridized carbons (Fsp3) is 0.176. The average Bonchev–Trinajstić information content (AvgIpc) is 3.41. The molecule has 4 aromatic rings. The van der Waals surface area contributed by atoms with Gasteiger partial charge in [-0.3, -0.25) is 4.79 Å². The van der Waals surface area contributed by atoms with Crippen molar-refractivity contribution in [1.29, 1.82) is 0 Å². The molecule has 1 N–H and O–H groups in total. The number of carbonyl (C=O) groups excluding carboxylic acids is 1. The minimum Gasteiger partial charge on any atom is -0.358 e. The third-order valence-electron chi connectivity index (χ3n) is 4.18. The van der Waals surface area contributed by atoms with Crippen LogP contribution < -0.4 is 5.32 Å². The van der Waals surface area contributed by atoms with Crippen LogP contribution >= 0.6 is 11.3 Å². The van der Waals surface area contributed by atoms with Gasteiger partial charge in [0.2, 0.25) is 0 Å². The first kappa shape index (κ1) is 17.8. The molecular formula is C17H15N7O3S. The number of nitrogens with one attached hydrogen (secondary N) is 1. The summed E-state index contributed by atoms with van der Waals surface area (Å²) in [6, 6.07) is 7.17. The van der Waals surface area contributed by atoms with E-state index in [1.54, 1.807) is 29.0 Å². The van der Waals surface area contributed by atoms with Gasteiger partial charge < -0.3 is 15.4 Å². The summed E-state index contributed by atoms with van der Waals surface area (Å²) in [5.41, 5.74) is 2.34. The van der Waals surface area contributed by atoms with Gasteiger partial charge in [-0.05, 0) is 29.4 Å². The Morgan fingerprint density at radius 3 is 2.96 bits per heavy atom. The third-order valence-corrected chi connectivity index (χ3v) is 5.08. The Kier molecular flexibility index (Phi) is 4.57. The fourth-order valence-electron chi connectivity index (χ4n) is 2.84. The lowest BCUT2D eigenvalue weighted by molar-refractivity contribution is -0.389. The Morgan fingerprint density at radius 2 is 2.25 bits per heavy atom. The van der Waals surface area contributed by atoms with Crippen LogP contribution in [0.1, 0.15) is 16.1 Å². The SMILES string of the molecule is Cc1cc([N+](=O)[O-])nn1CCNC(=O)c1cnn2c(-c3cccs3)ccnc12. The van der Waals surface area contributed by atoms with Crippen molar-refractivity contribution >= 4 is 28.7 Å². The lowest BCUT2D eigenvalue weighted by atomic mass is 10.3. The van der Waals surface area contributed by atoms with Crippen LogP contribution in [0.3, 0.4) is 0 Å². The summed E-state index contributed by atoms with van der Waals surface area (Å²) in [4.78, 5) is 28.1. The number of hydrogen-bond acceptors (Lipinski definition) is 7. The molecule has 0 aliphatic heterocycles. The second-order valence-electron chi connectivity index (χ2n) is 5.98. The molecule has 0 spiro atoms. The van der Waals surface area contributed by atoms with E-state index in [0.717, 1.165) is 10.6 Å². The number of aryl methyl sites for hydroxylation is 1. The van der Waals surface area contributed by atoms with Gasteiger partial charge in [-0.25, -0.2) is 9.50 Å². The lowest BCUT2D eigenvalue weighted by Gasteiger charge is -2.04. The Morgan fingerprint density at radius 1 is 1.39 bits per heavy atom. The molecular weight excluding hydrogens is 382 g/mol. The zero-order chi connectivity index (χ0) is 19.7. The van der Waals surface area contributed by atoms with Gasteiger partial charge in [0.25, 0.3) is 5.91 Å². The van der Waals surface area contributed by atoms with E-state index in [-0.39, 0.29) is 18.3 Å². The van der Waals surface area contributed by atoms with Crippen molar-refractivity contribution in [2.24, 2.45) is 0 Å². The molecule has 4 heterocycles. The van der Waals surface area contributed by atoms with Crippen LogP contribution in [0.15, 0.2) is 42.0 Å². The first-order valence-corrected chi connectivity index (χ1v) is 9.26. The number of hydrogen-bond donors (Lipinski definition) is 1. The van der Waals surface area contributed by atoms with E-state index in [1.165, 1.54) is 16.9 Å². The predicted octanol–water partition coefficient (Wildman–Crippen LogP) is 2.30. The van der Waals surface area contributed by atoms with Crippen molar-refractivity contribution in [3.8, 4) is 10.6 Å². The van der Waals surface area contributed by atoms with Gasteiger partial charge in [0, 0.05) is 12.7 Å². The van der Waals surface area contributed by atoms with Crippen LogP contribution in [0.5, 0.6) is 0 Å². The molecule has 0 aliphatic carbocycles. The van der Waals surface area contributed by atoms with Crippen molar-refractivity contribution in [2.75, 3.05) is 6.54 Å². The van der Waals surface area contributed by atoms with Gasteiger partial charge in [-0.15, -0.1) is 11.3 Å². The van der Waals surface area contributed by atoms with E-state index in [1.807, 2.05) is 23.6 Å². The molecule has 0 atom stereocenters. The number of fused-ring (bicyclic) bond motifs is 1. The highest BCUT2D eigenvalue weighted by atomic mass is 32.1. The first-order chi connectivity index (χ1) is 13.5. The maximum atomic E-state index is 12.6. The first-order valence-electron chi connectivity index (χ1n) is 8.38. The molecule has 142 valence electrons. The number of aromatic nitrogens is 5. The topological polar surface area (TPSA) is 120 Å². The lowest BCUT2D eigenvalue weighted by Crippen LogP contribution is -2.27. The number of carbonyl (C=O) groups is 1. The van der Waals surface area contributed by atoms with Crippen LogP contribution in [-0.2, 0) is 6.54 Å². The van der Waals surface area contributed by atoms with Gasteiger partial charge in [0.05, 0.1) is 40.2 Å². The van der Waals surface area contributed by atoms with Crippen LogP contribution in [0.2, 0.25) is 0 Å². The maximum absolute atomic E-state index is 12.6. The Bertz CT molecular complexity index is 1160. The van der Waals surface area contributed by atoms with Crippen LogP contribution in [0.25, 0.3) is 16.2 Å². The van der Waals surface area contributed by atoms with Crippen molar-refractivity contribution in [3.05, 3.63) is 63.4 Å². The Balaban J connectivity index is 1.49. The summed E-state index contributed by atoms with van der Waals surface area (Å²) in [6.07, 6.45) is 3.13. The molecule has 0 aromatic carbocycles. The number of rotatable bonds is 6. The van der Waals surface area contributed by atoms with Crippen molar-refractivity contribution < 1.29 is 9.72 Å². The summed E-state index contributed by atoms with van der Waals surface area (Å²) in [7, 11) is 0. The molecule has 1 amide bonds. The molecule has 4 rings (SSSR count). The van der Waals surface area contributed by atoms with Crippen molar-refractivity contribution in [1.82, 2.24) is 29.7 Å². The molecule has 0 aliphatic rings. The van der Waals surface area contributed by atoms with E-state index < -0.39 is 4.92 Å². The second-order valence-corrected chi connectivity index (χ2v) is 6.93. The van der Waals surface area contributed by atoms with Gasteiger partial charge in [0.1, 0.15) is 5.56 Å². The van der Waals surface area contributed by atoms with Gasteiger partial charge in [-0.1, -0.05) is 6.07 Å². The largest absolute Gasteiger partial charge is 0.390 e. The van der Waals surface area contributed by atoms with Crippen molar-refractivity contribution in [3.63, 3.8) is 0 Å². The molecule has 0 saturated carbocycles. The molecule has 0 bridgehead atoms. The summed E-state index contributed by atoms with van der Waals surface area (Å²) in [5, 5.41) is 23.7. The zero-order valence-corrected chi connectivity index (χ0v) is 15.6. The van der Waals surface area contributed by atoms with Crippen molar-refractivity contribution in [2.45, 2.75) is 13.5 Å². The quantitative estimate of drug-likeness (QED) is 0.394. The minimum absolute atomic E-state index is 0.211. The second kappa shape index (κ2) is 7.19. The van der Waals surface area contributed by atoms with Gasteiger partial charge in [-0.2, -0.15) is 9.78 Å². The molecule has 4 aromatic heterocycles. The molecule has 28 heavy (non-hydrogen) atoms. The number of amides is 1. The monoisotopic (exact) mass is 397 g/mol. The fourth-order valence-corrected chi connectivity index (χ4v) is 3.58. The van der Waals surface area contributed by atoms with Gasteiger partial charge >= 0.3 is 5.82 Å². The molecule has 0 radical (unpaired) electrons. The summed E-state index contributed by atoms with van der Waals surface area (Å²) >= 11 is 1.58. The standard InChI is InChI=1S/C17H15N7O3S/c1-11-9-15(24(26)27)21-22(11)7-6-19-17(25)12-10-20-23-13(4-5-18-16(12)23)14-3-2-8-28-14/h2-5,8-10H,6-7H2,1H3,(H,19,25). The van der Waals surface area contributed by atoms with Crippen LogP contribution in [-0.4, -0.2) is 41.8 Å². The number of nitrogens with zero attached hydrogens (tertiary/aromatic N) is 6. The molecule has 0 unspecified atom stereocenters. The summed E-state index contributed by atoms with van der Waals surface area (Å²) in [5.74, 6) is -0.526. The van der Waals surface area contributed by atoms with E-state index in [2.05, 4.69) is 20.5 Å². The number of thiophene rings is 1. The average molecular weight is 397 g/mol. The van der Waals surface area contributed by atoms with Crippen LogP contribution in [0.4, 0.5) is 5.82 Å². The van der Waals surface area contributed by atoms with Crippen LogP contribution in [0, 0.1) is 17.0 Å². The minimum atomic E-state index is -0.544. The third kappa shape index (κ3) is 3.22. The highest BCUT2D eigenvalue weighted by Gasteiger charge is 2.18. The summed E-state index contributed by atoms with van der Waals surface area (Å²) < 4.78 is 3.13. The van der Waals surface area contributed by atoms with E-state index in [4.69, 9.17) is 0 Å². The zero-order valence-electron chi connectivity index (χ0n) is 14.8. The highest BCUT2D eigenvalue weighted by Crippen LogP contribution is 2.25. The Labute approximate surface area is 162 Å². The van der Waals surface area contributed by atoms with E-state index in [0.29, 0.717) is 23.4 Å². The summed E-state index contributed by atoms with van der Waals surface area (Å²) in [6.45, 7) is 2.31. The van der Waals surface area contributed by atoms with E-state index >= 15 is 0 Å². The molecule has 10 nitrogen and oxygen atoms in total. The number of nitro groups is 1. The maximum Gasteiger partial charge on any atom is 0.390 e. The Hall–Kier alpha value is -3.60. The normalized spacial score (nSPS) is 11.0. The smallest absolute Gasteiger partial charge is 0.358 e. The molecule has 11 heteroatoms. The van der Waals surface area contributed by atoms with E-state index in [9.17, 15) is 14.9 Å². The molecule has 0 fully saturated rings.